The minimum absolute atomic E-state index is 0.255. The zero-order valence-electron chi connectivity index (χ0n) is 20.6. The molecule has 1 aliphatic rings. The zero-order chi connectivity index (χ0) is 25.6. The van der Waals surface area contributed by atoms with E-state index >= 15 is 0 Å². The number of nitrogens with one attached hydrogen (secondary N) is 2. The number of amides is 3. The number of carbonyl (C=O) groups excluding carboxylic acids is 4. The van der Waals surface area contributed by atoms with Crippen molar-refractivity contribution in [2.24, 2.45) is 0 Å². The molecule has 1 saturated carbocycles. The Morgan fingerprint density at radius 1 is 1.15 bits per heavy atom. The summed E-state index contributed by atoms with van der Waals surface area (Å²) in [4.78, 5) is 52.3. The average molecular weight is 478 g/mol. The summed E-state index contributed by atoms with van der Waals surface area (Å²) in [5.41, 5.74) is 1.41. The standard InChI is InChI=1S/C24H35N3O7/c1-14-8-7-9-15(2)19(14)20(21(30)25-12-18(29)33-6)27(16-10-11-16)22(31)17(13-28)26-23(32)34-24(3,4)5/h7-9,16-17,20,28H,10-13H2,1-6H3,(H,25,30)(H,26,32). The van der Waals surface area contributed by atoms with E-state index in [1.807, 2.05) is 32.0 Å². The third kappa shape index (κ3) is 7.18. The second-order valence-corrected chi connectivity index (χ2v) is 9.36. The van der Waals surface area contributed by atoms with Crippen LogP contribution in [0.25, 0.3) is 0 Å². The van der Waals surface area contributed by atoms with Gasteiger partial charge in [0.1, 0.15) is 24.2 Å². The highest BCUT2D eigenvalue weighted by Crippen LogP contribution is 2.37. The van der Waals surface area contributed by atoms with Crippen LogP contribution in [0, 0.1) is 13.8 Å². The number of alkyl carbamates (subject to hydrolysis) is 1. The van der Waals surface area contributed by atoms with Gasteiger partial charge in [0.05, 0.1) is 13.7 Å². The van der Waals surface area contributed by atoms with Crippen LogP contribution in [0.3, 0.4) is 0 Å². The Balaban J connectivity index is 2.43. The molecule has 2 atom stereocenters. The first-order valence-electron chi connectivity index (χ1n) is 11.2. The molecular weight excluding hydrogens is 442 g/mol. The predicted octanol–water partition coefficient (Wildman–Crippen LogP) is 1.51. The maximum absolute atomic E-state index is 13.6. The zero-order valence-corrected chi connectivity index (χ0v) is 20.6. The number of nitrogens with zero attached hydrogens (tertiary/aromatic N) is 1. The van der Waals surface area contributed by atoms with Crippen LogP contribution in [0.5, 0.6) is 0 Å². The van der Waals surface area contributed by atoms with Gasteiger partial charge in [0.15, 0.2) is 0 Å². The molecule has 0 saturated heterocycles. The van der Waals surface area contributed by atoms with Gasteiger partial charge >= 0.3 is 12.1 Å². The van der Waals surface area contributed by atoms with E-state index in [1.165, 1.54) is 12.0 Å². The summed E-state index contributed by atoms with van der Waals surface area (Å²) in [5, 5.41) is 14.9. The Labute approximate surface area is 200 Å². The molecule has 2 unspecified atom stereocenters. The second-order valence-electron chi connectivity index (χ2n) is 9.36. The van der Waals surface area contributed by atoms with Crippen molar-refractivity contribution in [3.8, 4) is 0 Å². The highest BCUT2D eigenvalue weighted by atomic mass is 16.6. The Morgan fingerprint density at radius 3 is 2.21 bits per heavy atom. The molecule has 1 aromatic carbocycles. The Hall–Kier alpha value is -3.14. The molecule has 3 amide bonds. The van der Waals surface area contributed by atoms with Crippen molar-refractivity contribution < 1.29 is 33.8 Å². The van der Waals surface area contributed by atoms with Crippen LogP contribution in [-0.4, -0.2) is 71.8 Å². The Morgan fingerprint density at radius 2 is 1.74 bits per heavy atom. The van der Waals surface area contributed by atoms with E-state index in [9.17, 15) is 24.3 Å². The maximum atomic E-state index is 13.6. The minimum Gasteiger partial charge on any atom is -0.468 e. The van der Waals surface area contributed by atoms with Gasteiger partial charge in [-0.2, -0.15) is 0 Å². The molecule has 0 heterocycles. The van der Waals surface area contributed by atoms with E-state index in [0.717, 1.165) is 11.1 Å². The molecule has 0 bridgehead atoms. The van der Waals surface area contributed by atoms with Crippen molar-refractivity contribution in [2.75, 3.05) is 20.3 Å². The number of carbonyl (C=O) groups is 4. The number of esters is 1. The van der Waals surface area contributed by atoms with Gasteiger partial charge in [0, 0.05) is 6.04 Å². The summed E-state index contributed by atoms with van der Waals surface area (Å²) in [6, 6.07) is 2.88. The number of rotatable bonds is 9. The minimum atomic E-state index is -1.31. The number of aliphatic hydroxyl groups is 1. The smallest absolute Gasteiger partial charge is 0.408 e. The molecule has 10 heteroatoms. The molecule has 3 N–H and O–H groups in total. The molecule has 1 fully saturated rings. The van der Waals surface area contributed by atoms with Crippen molar-refractivity contribution in [3.05, 3.63) is 34.9 Å². The summed E-state index contributed by atoms with van der Waals surface area (Å²) in [5.74, 6) is -1.80. The van der Waals surface area contributed by atoms with Gasteiger partial charge in [0.2, 0.25) is 11.8 Å². The molecule has 1 aromatic rings. The van der Waals surface area contributed by atoms with Gasteiger partial charge in [-0.25, -0.2) is 4.79 Å². The first kappa shape index (κ1) is 27.1. The van der Waals surface area contributed by atoms with Gasteiger partial charge in [-0.1, -0.05) is 18.2 Å². The summed E-state index contributed by atoms with van der Waals surface area (Å²) in [6.45, 7) is 7.68. The normalized spacial score (nSPS) is 15.0. The third-order valence-corrected chi connectivity index (χ3v) is 5.34. The highest BCUT2D eigenvalue weighted by molar-refractivity contribution is 5.94. The third-order valence-electron chi connectivity index (χ3n) is 5.34. The molecule has 0 radical (unpaired) electrons. The maximum Gasteiger partial charge on any atom is 0.408 e. The molecule has 34 heavy (non-hydrogen) atoms. The van der Waals surface area contributed by atoms with Gasteiger partial charge < -0.3 is 30.1 Å². The van der Waals surface area contributed by atoms with Gasteiger partial charge in [-0.05, 0) is 64.2 Å². The summed E-state index contributed by atoms with van der Waals surface area (Å²) in [7, 11) is 1.21. The number of aliphatic hydroxyl groups excluding tert-OH is 1. The molecule has 188 valence electrons. The van der Waals surface area contributed by atoms with Gasteiger partial charge in [0.25, 0.3) is 0 Å². The first-order chi connectivity index (χ1) is 15.9. The van der Waals surface area contributed by atoms with Crippen LogP contribution in [0.2, 0.25) is 0 Å². The lowest BCUT2D eigenvalue weighted by Crippen LogP contribution is -2.55. The van der Waals surface area contributed by atoms with Crippen molar-refractivity contribution in [1.29, 1.82) is 0 Å². The number of benzene rings is 1. The fraction of sp³-hybridized carbons (Fsp3) is 0.583. The quantitative estimate of drug-likeness (QED) is 0.459. The lowest BCUT2D eigenvalue weighted by atomic mass is 9.93. The monoisotopic (exact) mass is 477 g/mol. The fourth-order valence-electron chi connectivity index (χ4n) is 3.67. The number of hydrogen-bond donors (Lipinski definition) is 3. The van der Waals surface area contributed by atoms with E-state index in [2.05, 4.69) is 15.4 Å². The van der Waals surface area contributed by atoms with Crippen molar-refractivity contribution >= 4 is 23.9 Å². The van der Waals surface area contributed by atoms with Crippen LogP contribution >= 0.6 is 0 Å². The van der Waals surface area contributed by atoms with Gasteiger partial charge in [-0.3, -0.25) is 14.4 Å². The molecule has 2 rings (SSSR count). The number of hydrogen-bond acceptors (Lipinski definition) is 7. The molecular formula is C24H35N3O7. The SMILES string of the molecule is COC(=O)CNC(=O)C(c1c(C)cccc1C)N(C(=O)C(CO)NC(=O)OC(C)(C)C)C1CC1. The van der Waals surface area contributed by atoms with Crippen molar-refractivity contribution in [2.45, 2.75) is 71.2 Å². The topological polar surface area (TPSA) is 134 Å². The van der Waals surface area contributed by atoms with E-state index in [4.69, 9.17) is 4.74 Å². The van der Waals surface area contributed by atoms with Crippen molar-refractivity contribution in [3.63, 3.8) is 0 Å². The predicted molar refractivity (Wildman–Crippen MR) is 124 cm³/mol. The summed E-state index contributed by atoms with van der Waals surface area (Å²) >= 11 is 0. The van der Waals surface area contributed by atoms with Crippen LogP contribution < -0.4 is 10.6 Å². The fourth-order valence-corrected chi connectivity index (χ4v) is 3.67. The highest BCUT2D eigenvalue weighted by Gasteiger charge is 2.44. The molecule has 0 aromatic heterocycles. The van der Waals surface area contributed by atoms with E-state index in [-0.39, 0.29) is 12.6 Å². The first-order valence-corrected chi connectivity index (χ1v) is 11.2. The van der Waals surface area contributed by atoms with E-state index in [0.29, 0.717) is 18.4 Å². The molecule has 1 aliphatic carbocycles. The lowest BCUT2D eigenvalue weighted by molar-refractivity contribution is -0.145. The molecule has 10 nitrogen and oxygen atoms in total. The number of ether oxygens (including phenoxy) is 2. The molecule has 0 aliphatic heterocycles. The summed E-state index contributed by atoms with van der Waals surface area (Å²) in [6.07, 6.45) is 0.485. The van der Waals surface area contributed by atoms with Crippen LogP contribution in [0.15, 0.2) is 18.2 Å². The van der Waals surface area contributed by atoms with E-state index in [1.54, 1.807) is 20.8 Å². The van der Waals surface area contributed by atoms with Crippen LogP contribution in [-0.2, 0) is 23.9 Å². The number of aryl methyl sites for hydroxylation is 2. The van der Waals surface area contributed by atoms with Crippen LogP contribution in [0.1, 0.15) is 56.3 Å². The van der Waals surface area contributed by atoms with Gasteiger partial charge in [-0.15, -0.1) is 0 Å². The largest absolute Gasteiger partial charge is 0.468 e. The average Bonchev–Trinajstić information content (AvgIpc) is 3.58. The van der Waals surface area contributed by atoms with E-state index < -0.39 is 48.2 Å². The lowest BCUT2D eigenvalue weighted by Gasteiger charge is -2.35. The Bertz CT molecular complexity index is 901. The van der Waals surface area contributed by atoms with Crippen LogP contribution in [0.4, 0.5) is 4.79 Å². The summed E-state index contributed by atoms with van der Waals surface area (Å²) < 4.78 is 9.83. The Kier molecular flexibility index (Phi) is 9.03. The molecule has 0 spiro atoms. The second kappa shape index (κ2) is 11.3. The van der Waals surface area contributed by atoms with Crippen molar-refractivity contribution in [1.82, 2.24) is 15.5 Å². The number of methoxy groups -OCH3 is 1.